The molecule has 2 atom stereocenters. The highest BCUT2D eigenvalue weighted by Crippen LogP contribution is 2.31. The van der Waals surface area contributed by atoms with Crippen molar-refractivity contribution in [2.24, 2.45) is 0 Å². The molecule has 2 saturated carbocycles. The summed E-state index contributed by atoms with van der Waals surface area (Å²) >= 11 is 0. The number of nitrogen functional groups attached to an aromatic ring is 1. The number of rotatable bonds is 5. The third-order valence-corrected chi connectivity index (χ3v) is 4.75. The van der Waals surface area contributed by atoms with Crippen molar-refractivity contribution in [3.05, 3.63) is 28.2 Å². The van der Waals surface area contributed by atoms with Crippen molar-refractivity contribution < 1.29 is 9.47 Å². The van der Waals surface area contributed by atoms with E-state index in [0.717, 1.165) is 37.7 Å². The zero-order valence-electron chi connectivity index (χ0n) is 12.6. The van der Waals surface area contributed by atoms with Crippen LogP contribution in [0.5, 0.6) is 0 Å². The zero-order chi connectivity index (χ0) is 14.8. The molecule has 3 rings (SSSR count). The number of nitrogens with two attached hydrogens (primary N) is 1. The van der Waals surface area contributed by atoms with Crippen LogP contribution in [0.3, 0.4) is 0 Å². The van der Waals surface area contributed by atoms with Crippen LogP contribution in [0.25, 0.3) is 0 Å². The summed E-state index contributed by atoms with van der Waals surface area (Å²) in [5.74, 6) is 0. The van der Waals surface area contributed by atoms with E-state index >= 15 is 0 Å². The zero-order valence-corrected chi connectivity index (χ0v) is 12.6. The van der Waals surface area contributed by atoms with Crippen molar-refractivity contribution in [1.29, 1.82) is 0 Å². The summed E-state index contributed by atoms with van der Waals surface area (Å²) in [5, 5.41) is 0. The quantitative estimate of drug-likeness (QED) is 0.904. The van der Waals surface area contributed by atoms with Crippen LogP contribution < -0.4 is 11.3 Å². The lowest BCUT2D eigenvalue weighted by molar-refractivity contribution is -0.00890. The maximum Gasteiger partial charge on any atom is 0.273 e. The molecule has 21 heavy (non-hydrogen) atoms. The van der Waals surface area contributed by atoms with E-state index in [9.17, 15) is 4.79 Å². The summed E-state index contributed by atoms with van der Waals surface area (Å²) < 4.78 is 13.0. The second-order valence-corrected chi connectivity index (χ2v) is 6.20. The number of hydrogen-bond donors (Lipinski definition) is 1. The smallest absolute Gasteiger partial charge is 0.273 e. The molecule has 0 spiro atoms. The summed E-state index contributed by atoms with van der Waals surface area (Å²) in [6, 6.07) is 1.94. The topological polar surface area (TPSA) is 66.5 Å². The van der Waals surface area contributed by atoms with Gasteiger partial charge in [0.05, 0.1) is 24.5 Å². The average Bonchev–Trinajstić information content (AvgIpc) is 2.89. The van der Waals surface area contributed by atoms with E-state index in [-0.39, 0.29) is 17.7 Å². The van der Waals surface area contributed by atoms with Crippen molar-refractivity contribution in [2.45, 2.75) is 63.4 Å². The molecule has 5 heteroatoms. The number of methoxy groups -OCH3 is 1. The molecule has 2 N–H and O–H groups in total. The minimum atomic E-state index is -0.0934. The number of hydrogen-bond acceptors (Lipinski definition) is 4. The van der Waals surface area contributed by atoms with E-state index in [4.69, 9.17) is 15.2 Å². The van der Waals surface area contributed by atoms with E-state index in [0.29, 0.717) is 18.4 Å². The normalized spacial score (nSPS) is 26.0. The van der Waals surface area contributed by atoms with Crippen LogP contribution in [-0.2, 0) is 16.1 Å². The van der Waals surface area contributed by atoms with Crippen LogP contribution in [-0.4, -0.2) is 23.9 Å². The summed E-state index contributed by atoms with van der Waals surface area (Å²) in [6.07, 6.45) is 8.94. The van der Waals surface area contributed by atoms with Gasteiger partial charge in [-0.3, -0.25) is 4.79 Å². The van der Waals surface area contributed by atoms with Crippen molar-refractivity contribution >= 4 is 5.69 Å². The lowest BCUT2D eigenvalue weighted by Crippen LogP contribution is -2.27. The first kappa shape index (κ1) is 14.6. The van der Waals surface area contributed by atoms with Crippen LogP contribution in [0.1, 0.15) is 50.1 Å². The summed E-state index contributed by atoms with van der Waals surface area (Å²) in [7, 11) is 1.73. The molecular formula is C16H24N2O3. The first-order valence-corrected chi connectivity index (χ1v) is 7.82. The second-order valence-electron chi connectivity index (χ2n) is 6.20. The van der Waals surface area contributed by atoms with Gasteiger partial charge in [0, 0.05) is 19.3 Å². The van der Waals surface area contributed by atoms with Gasteiger partial charge in [-0.15, -0.1) is 0 Å². The van der Waals surface area contributed by atoms with Crippen LogP contribution >= 0.6 is 0 Å². The van der Waals surface area contributed by atoms with Gasteiger partial charge in [-0.05, 0) is 50.2 Å². The Morgan fingerprint density at radius 3 is 2.71 bits per heavy atom. The van der Waals surface area contributed by atoms with Gasteiger partial charge in [-0.25, -0.2) is 0 Å². The van der Waals surface area contributed by atoms with Gasteiger partial charge in [0.1, 0.15) is 0 Å². The monoisotopic (exact) mass is 292 g/mol. The molecule has 1 aromatic heterocycles. The number of ether oxygens (including phenoxy) is 2. The standard InChI is InChI=1S/C16H24N2O3/c1-20-14-6-5-12(8-14)18-9-11(7-15(17)16(18)19)10-21-13-3-2-4-13/h7,9,12-14H,2-6,8,10,17H2,1H3. The number of nitrogens with zero attached hydrogens (tertiary/aromatic N) is 1. The third-order valence-electron chi connectivity index (χ3n) is 4.75. The SMILES string of the molecule is COC1CCC(n2cc(COC3CCC3)cc(N)c2=O)C1. The van der Waals surface area contributed by atoms with Gasteiger partial charge in [0.25, 0.3) is 5.56 Å². The highest BCUT2D eigenvalue weighted by molar-refractivity contribution is 5.38. The maximum absolute atomic E-state index is 12.3. The fraction of sp³-hybridized carbons (Fsp3) is 0.688. The van der Waals surface area contributed by atoms with Crippen molar-refractivity contribution in [1.82, 2.24) is 4.57 Å². The molecule has 2 aliphatic rings. The minimum Gasteiger partial charge on any atom is -0.394 e. The first-order valence-electron chi connectivity index (χ1n) is 7.82. The molecule has 116 valence electrons. The first-order chi connectivity index (χ1) is 10.2. The van der Waals surface area contributed by atoms with Crippen LogP contribution in [0.4, 0.5) is 5.69 Å². The Morgan fingerprint density at radius 1 is 1.29 bits per heavy atom. The second kappa shape index (κ2) is 6.20. The Bertz CT molecular complexity index is 551. The number of anilines is 1. The largest absolute Gasteiger partial charge is 0.394 e. The summed E-state index contributed by atoms with van der Waals surface area (Å²) in [5.41, 5.74) is 7.09. The third kappa shape index (κ3) is 3.14. The van der Waals surface area contributed by atoms with Gasteiger partial charge in [-0.2, -0.15) is 0 Å². The molecule has 0 bridgehead atoms. The summed E-state index contributed by atoms with van der Waals surface area (Å²) in [4.78, 5) is 12.3. The lowest BCUT2D eigenvalue weighted by atomic mass is 9.96. The van der Waals surface area contributed by atoms with Gasteiger partial charge in [0.2, 0.25) is 0 Å². The molecule has 0 aromatic carbocycles. The Morgan fingerprint density at radius 2 is 2.10 bits per heavy atom. The van der Waals surface area contributed by atoms with Gasteiger partial charge in [0.15, 0.2) is 0 Å². The highest BCUT2D eigenvalue weighted by atomic mass is 16.5. The molecule has 2 aliphatic carbocycles. The highest BCUT2D eigenvalue weighted by Gasteiger charge is 2.27. The number of pyridine rings is 1. The fourth-order valence-electron chi connectivity index (χ4n) is 3.17. The average molecular weight is 292 g/mol. The Kier molecular flexibility index (Phi) is 4.31. The predicted octanol–water partition coefficient (Wildman–Crippen LogP) is 2.24. The van der Waals surface area contributed by atoms with E-state index < -0.39 is 0 Å². The fourth-order valence-corrected chi connectivity index (χ4v) is 3.17. The van der Waals surface area contributed by atoms with Gasteiger partial charge >= 0.3 is 0 Å². The van der Waals surface area contributed by atoms with Crippen molar-refractivity contribution in [3.8, 4) is 0 Å². The van der Waals surface area contributed by atoms with Crippen LogP contribution in [0, 0.1) is 0 Å². The molecule has 0 radical (unpaired) electrons. The molecule has 2 fully saturated rings. The van der Waals surface area contributed by atoms with Crippen molar-refractivity contribution in [2.75, 3.05) is 12.8 Å². The summed E-state index contributed by atoms with van der Waals surface area (Å²) in [6.45, 7) is 0.537. The van der Waals surface area contributed by atoms with E-state index in [1.807, 2.05) is 6.20 Å². The maximum atomic E-state index is 12.3. The minimum absolute atomic E-state index is 0.0934. The molecular weight excluding hydrogens is 268 g/mol. The van der Waals surface area contributed by atoms with E-state index in [1.165, 1.54) is 6.42 Å². The van der Waals surface area contributed by atoms with E-state index in [1.54, 1.807) is 17.7 Å². The lowest BCUT2D eigenvalue weighted by Gasteiger charge is -2.26. The Balaban J connectivity index is 1.75. The Labute approximate surface area is 125 Å². The molecule has 0 saturated heterocycles. The molecule has 5 nitrogen and oxygen atoms in total. The van der Waals surface area contributed by atoms with Gasteiger partial charge < -0.3 is 19.8 Å². The van der Waals surface area contributed by atoms with Crippen LogP contribution in [0.2, 0.25) is 0 Å². The van der Waals surface area contributed by atoms with E-state index in [2.05, 4.69) is 0 Å². The predicted molar refractivity (Wildman–Crippen MR) is 81.2 cm³/mol. The van der Waals surface area contributed by atoms with Crippen molar-refractivity contribution in [3.63, 3.8) is 0 Å². The van der Waals surface area contributed by atoms with Gasteiger partial charge in [-0.1, -0.05) is 0 Å². The molecule has 0 aliphatic heterocycles. The molecule has 1 heterocycles. The number of aromatic nitrogens is 1. The Hall–Kier alpha value is -1.33. The molecule has 1 aromatic rings. The molecule has 0 amide bonds. The molecule has 2 unspecified atom stereocenters. The van der Waals surface area contributed by atoms with Crippen LogP contribution in [0.15, 0.2) is 17.1 Å².